The molecule has 0 spiro atoms. The fourth-order valence-electron chi connectivity index (χ4n) is 2.49. The minimum absolute atomic E-state index is 0.0326. The van der Waals surface area contributed by atoms with E-state index in [0.29, 0.717) is 19.1 Å². The Hall–Kier alpha value is -2.37. The molecule has 1 amide bonds. The molecule has 6 heteroatoms. The Morgan fingerprint density at radius 3 is 2.76 bits per heavy atom. The van der Waals surface area contributed by atoms with Crippen LogP contribution in [0.2, 0.25) is 0 Å². The highest BCUT2D eigenvalue weighted by atomic mass is 16.5. The minimum Gasteiger partial charge on any atom is -0.458 e. The van der Waals surface area contributed by atoms with E-state index in [0.717, 1.165) is 19.4 Å². The Balaban J connectivity index is 1.56. The molecule has 0 N–H and O–H groups in total. The summed E-state index contributed by atoms with van der Waals surface area (Å²) in [7, 11) is 0. The number of amides is 1. The average Bonchev–Trinajstić information content (AvgIpc) is 3.01. The van der Waals surface area contributed by atoms with Crippen LogP contribution in [0.3, 0.4) is 0 Å². The maximum atomic E-state index is 12.3. The lowest BCUT2D eigenvalue weighted by Gasteiger charge is -2.32. The highest BCUT2D eigenvalue weighted by Gasteiger charge is 2.25. The van der Waals surface area contributed by atoms with Gasteiger partial charge in [-0.1, -0.05) is 0 Å². The summed E-state index contributed by atoms with van der Waals surface area (Å²) in [6, 6.07) is 5.97. The van der Waals surface area contributed by atoms with Gasteiger partial charge in [0.15, 0.2) is 0 Å². The highest BCUT2D eigenvalue weighted by Crippen LogP contribution is 2.15. The van der Waals surface area contributed by atoms with Gasteiger partial charge in [-0.2, -0.15) is 0 Å². The molecule has 1 unspecified atom stereocenters. The van der Waals surface area contributed by atoms with Gasteiger partial charge in [0.2, 0.25) is 5.91 Å². The Bertz CT molecular complexity index is 571. The molecule has 0 aromatic carbocycles. The normalized spacial score (nSPS) is 18.5. The molecule has 3 heterocycles. The third kappa shape index (κ3) is 3.59. The van der Waals surface area contributed by atoms with Gasteiger partial charge in [0.05, 0.1) is 6.54 Å². The molecule has 1 atom stereocenters. The van der Waals surface area contributed by atoms with Crippen LogP contribution < -0.4 is 4.74 Å². The van der Waals surface area contributed by atoms with Crippen molar-refractivity contribution in [3.8, 4) is 6.01 Å². The van der Waals surface area contributed by atoms with E-state index in [1.165, 1.54) is 0 Å². The lowest BCUT2D eigenvalue weighted by atomic mass is 10.1. The number of piperidine rings is 1. The second-order valence-corrected chi connectivity index (χ2v) is 5.11. The molecule has 0 aliphatic carbocycles. The quantitative estimate of drug-likeness (QED) is 0.851. The molecule has 0 bridgehead atoms. The van der Waals surface area contributed by atoms with E-state index in [1.807, 2.05) is 34.0 Å². The van der Waals surface area contributed by atoms with Crippen LogP contribution in [0.25, 0.3) is 0 Å². The number of carbonyl (C=O) groups is 1. The first-order valence-corrected chi connectivity index (χ1v) is 7.13. The largest absolute Gasteiger partial charge is 0.458 e. The van der Waals surface area contributed by atoms with E-state index in [4.69, 9.17) is 4.74 Å². The molecule has 2 aromatic heterocycles. The Morgan fingerprint density at radius 1 is 1.24 bits per heavy atom. The summed E-state index contributed by atoms with van der Waals surface area (Å²) in [6.07, 6.45) is 8.93. The van der Waals surface area contributed by atoms with Crippen molar-refractivity contribution < 1.29 is 9.53 Å². The van der Waals surface area contributed by atoms with Gasteiger partial charge in [-0.3, -0.25) is 4.79 Å². The molecule has 1 aliphatic heterocycles. The van der Waals surface area contributed by atoms with Gasteiger partial charge in [0, 0.05) is 31.3 Å². The van der Waals surface area contributed by atoms with Crippen molar-refractivity contribution in [2.75, 3.05) is 13.1 Å². The Morgan fingerprint density at radius 2 is 2.00 bits per heavy atom. The number of aromatic nitrogens is 3. The maximum Gasteiger partial charge on any atom is 0.316 e. The molecular formula is C15H18N4O2. The zero-order valence-corrected chi connectivity index (χ0v) is 11.8. The lowest BCUT2D eigenvalue weighted by molar-refractivity contribution is -0.134. The summed E-state index contributed by atoms with van der Waals surface area (Å²) >= 11 is 0. The first-order valence-electron chi connectivity index (χ1n) is 7.13. The molecule has 110 valence electrons. The topological polar surface area (TPSA) is 60.2 Å². The van der Waals surface area contributed by atoms with Crippen molar-refractivity contribution in [2.24, 2.45) is 0 Å². The molecule has 0 saturated carbocycles. The second-order valence-electron chi connectivity index (χ2n) is 5.11. The van der Waals surface area contributed by atoms with Crippen molar-refractivity contribution in [2.45, 2.75) is 25.5 Å². The first-order chi connectivity index (χ1) is 10.3. The SMILES string of the molecule is O=C(Cn1cccc1)N1CCCC(Oc2ncccn2)C1. The van der Waals surface area contributed by atoms with E-state index in [-0.39, 0.29) is 12.0 Å². The molecule has 2 aromatic rings. The van der Waals surface area contributed by atoms with Crippen LogP contribution in [0.4, 0.5) is 0 Å². The first kappa shape index (κ1) is 13.6. The van der Waals surface area contributed by atoms with Crippen LogP contribution in [0, 0.1) is 0 Å². The van der Waals surface area contributed by atoms with Crippen LogP contribution >= 0.6 is 0 Å². The summed E-state index contributed by atoms with van der Waals surface area (Å²) in [6.45, 7) is 1.76. The monoisotopic (exact) mass is 286 g/mol. The number of likely N-dealkylation sites (tertiary alicyclic amines) is 1. The van der Waals surface area contributed by atoms with Crippen molar-refractivity contribution in [1.82, 2.24) is 19.4 Å². The van der Waals surface area contributed by atoms with E-state index >= 15 is 0 Å². The molecule has 1 aliphatic rings. The lowest BCUT2D eigenvalue weighted by Crippen LogP contribution is -2.45. The van der Waals surface area contributed by atoms with Gasteiger partial charge in [0.1, 0.15) is 12.6 Å². The zero-order chi connectivity index (χ0) is 14.5. The minimum atomic E-state index is -0.0326. The summed E-state index contributed by atoms with van der Waals surface area (Å²) in [5.41, 5.74) is 0. The second kappa shape index (κ2) is 6.39. The number of hydrogen-bond donors (Lipinski definition) is 0. The molecule has 6 nitrogen and oxygen atoms in total. The molecule has 3 rings (SSSR count). The maximum absolute atomic E-state index is 12.3. The molecule has 21 heavy (non-hydrogen) atoms. The molecule has 1 fully saturated rings. The van der Waals surface area contributed by atoms with Crippen LogP contribution in [-0.4, -0.2) is 44.5 Å². The standard InChI is InChI=1S/C15H18N4O2/c20-14(12-18-8-1-2-9-18)19-10-3-5-13(11-19)21-15-16-6-4-7-17-15/h1-2,4,6-9,13H,3,5,10-12H2. The third-order valence-corrected chi connectivity index (χ3v) is 3.53. The predicted molar refractivity (Wildman–Crippen MR) is 76.7 cm³/mol. The number of carbonyl (C=O) groups excluding carboxylic acids is 1. The summed E-state index contributed by atoms with van der Waals surface area (Å²) in [4.78, 5) is 22.3. The molecular weight excluding hydrogens is 268 g/mol. The van der Waals surface area contributed by atoms with E-state index < -0.39 is 0 Å². The number of ether oxygens (including phenoxy) is 1. The average molecular weight is 286 g/mol. The van der Waals surface area contributed by atoms with Crippen LogP contribution in [0.15, 0.2) is 43.0 Å². The number of rotatable bonds is 4. The smallest absolute Gasteiger partial charge is 0.316 e. The van der Waals surface area contributed by atoms with Gasteiger partial charge < -0.3 is 14.2 Å². The van der Waals surface area contributed by atoms with Gasteiger partial charge in [0.25, 0.3) is 0 Å². The zero-order valence-electron chi connectivity index (χ0n) is 11.8. The fraction of sp³-hybridized carbons (Fsp3) is 0.400. The van der Waals surface area contributed by atoms with E-state index in [9.17, 15) is 4.79 Å². The van der Waals surface area contributed by atoms with Crippen LogP contribution in [-0.2, 0) is 11.3 Å². The van der Waals surface area contributed by atoms with E-state index in [1.54, 1.807) is 18.5 Å². The van der Waals surface area contributed by atoms with E-state index in [2.05, 4.69) is 9.97 Å². The van der Waals surface area contributed by atoms with Gasteiger partial charge in [-0.15, -0.1) is 0 Å². The van der Waals surface area contributed by atoms with Gasteiger partial charge >= 0.3 is 6.01 Å². The summed E-state index contributed by atoms with van der Waals surface area (Å²) < 4.78 is 7.63. The summed E-state index contributed by atoms with van der Waals surface area (Å²) in [5.74, 6) is 0.119. The van der Waals surface area contributed by atoms with Gasteiger partial charge in [-0.05, 0) is 31.0 Å². The van der Waals surface area contributed by atoms with Crippen molar-refractivity contribution >= 4 is 5.91 Å². The van der Waals surface area contributed by atoms with Crippen molar-refractivity contribution in [3.63, 3.8) is 0 Å². The number of nitrogens with zero attached hydrogens (tertiary/aromatic N) is 4. The fourth-order valence-corrected chi connectivity index (χ4v) is 2.49. The van der Waals surface area contributed by atoms with Crippen LogP contribution in [0.5, 0.6) is 6.01 Å². The van der Waals surface area contributed by atoms with Crippen molar-refractivity contribution in [3.05, 3.63) is 43.0 Å². The van der Waals surface area contributed by atoms with Crippen LogP contribution in [0.1, 0.15) is 12.8 Å². The number of hydrogen-bond acceptors (Lipinski definition) is 4. The predicted octanol–water partition coefficient (Wildman–Crippen LogP) is 1.35. The Labute approximate surface area is 123 Å². The summed E-state index contributed by atoms with van der Waals surface area (Å²) in [5, 5.41) is 0. The molecule has 0 radical (unpaired) electrons. The van der Waals surface area contributed by atoms with Crippen molar-refractivity contribution in [1.29, 1.82) is 0 Å². The molecule has 1 saturated heterocycles. The Kier molecular flexibility index (Phi) is 4.14. The highest BCUT2D eigenvalue weighted by molar-refractivity contribution is 5.76. The van der Waals surface area contributed by atoms with Gasteiger partial charge in [-0.25, -0.2) is 9.97 Å². The third-order valence-electron chi connectivity index (χ3n) is 3.53.